The summed E-state index contributed by atoms with van der Waals surface area (Å²) in [5.74, 6) is -0.0487. The summed E-state index contributed by atoms with van der Waals surface area (Å²) < 4.78 is 6.09. The molecule has 1 aliphatic rings. The lowest BCUT2D eigenvalue weighted by atomic mass is 9.95. The maximum absolute atomic E-state index is 11.1. The minimum Gasteiger partial charge on any atom is -0.485 e. The summed E-state index contributed by atoms with van der Waals surface area (Å²) in [7, 11) is 0. The molecule has 0 fully saturated rings. The Morgan fingerprint density at radius 3 is 2.90 bits per heavy atom. The Labute approximate surface area is 128 Å². The first-order valence-corrected chi connectivity index (χ1v) is 7.21. The lowest BCUT2D eigenvalue weighted by molar-refractivity contribution is 0.0696. The van der Waals surface area contributed by atoms with Crippen LogP contribution in [0.3, 0.4) is 0 Å². The number of hydrogen-bond donors (Lipinski definition) is 1. The van der Waals surface area contributed by atoms with Crippen LogP contribution in [-0.2, 0) is 6.42 Å². The minimum absolute atomic E-state index is 0.114. The van der Waals surface area contributed by atoms with Crippen LogP contribution in [0.2, 0.25) is 5.02 Å². The maximum atomic E-state index is 11.1. The van der Waals surface area contributed by atoms with Gasteiger partial charge in [0.05, 0.1) is 5.56 Å². The molecule has 0 saturated heterocycles. The molecule has 1 atom stereocenters. The number of ether oxygens (including phenoxy) is 1. The number of aryl methyl sites for hydroxylation is 2. The van der Waals surface area contributed by atoms with Crippen LogP contribution in [0.5, 0.6) is 5.75 Å². The van der Waals surface area contributed by atoms with Gasteiger partial charge in [0.1, 0.15) is 11.9 Å². The van der Waals surface area contributed by atoms with Crippen molar-refractivity contribution in [3.63, 3.8) is 0 Å². The molecule has 2 aromatic carbocycles. The smallest absolute Gasteiger partial charge is 0.335 e. The molecule has 1 unspecified atom stereocenters. The SMILES string of the molecule is Cc1cc(Cl)cc2c1OC(c1cccc(C(=O)O)c1)CC2. The Bertz CT molecular complexity index is 709. The van der Waals surface area contributed by atoms with Crippen LogP contribution in [0.25, 0.3) is 0 Å². The summed E-state index contributed by atoms with van der Waals surface area (Å²) in [4.78, 5) is 11.1. The lowest BCUT2D eigenvalue weighted by Gasteiger charge is -2.28. The summed E-state index contributed by atoms with van der Waals surface area (Å²) in [5.41, 5.74) is 3.31. The van der Waals surface area contributed by atoms with E-state index in [9.17, 15) is 4.79 Å². The van der Waals surface area contributed by atoms with E-state index in [0.717, 1.165) is 40.3 Å². The average Bonchev–Trinajstić information content (AvgIpc) is 2.47. The molecule has 1 N–H and O–H groups in total. The van der Waals surface area contributed by atoms with Crippen LogP contribution in [0.4, 0.5) is 0 Å². The Balaban J connectivity index is 1.93. The number of hydrogen-bond acceptors (Lipinski definition) is 2. The van der Waals surface area contributed by atoms with E-state index in [1.54, 1.807) is 18.2 Å². The van der Waals surface area contributed by atoms with Gasteiger partial charge in [-0.1, -0.05) is 23.7 Å². The van der Waals surface area contributed by atoms with Crippen molar-refractivity contribution in [2.75, 3.05) is 0 Å². The van der Waals surface area contributed by atoms with Gasteiger partial charge in [0.25, 0.3) is 0 Å². The van der Waals surface area contributed by atoms with Gasteiger partial charge in [0, 0.05) is 5.02 Å². The van der Waals surface area contributed by atoms with Gasteiger partial charge in [0.2, 0.25) is 0 Å². The van der Waals surface area contributed by atoms with Gasteiger partial charge >= 0.3 is 5.97 Å². The summed E-state index contributed by atoms with van der Waals surface area (Å²) in [6.45, 7) is 1.97. The Kier molecular flexibility index (Phi) is 3.60. The first kappa shape index (κ1) is 14.0. The van der Waals surface area contributed by atoms with E-state index < -0.39 is 5.97 Å². The standard InChI is InChI=1S/C17H15ClO3/c1-10-7-14(18)9-12-5-6-15(21-16(10)12)11-3-2-4-13(8-11)17(19)20/h2-4,7-9,15H,5-6H2,1H3,(H,19,20). The number of carbonyl (C=O) groups is 1. The first-order valence-electron chi connectivity index (χ1n) is 6.83. The second kappa shape index (κ2) is 5.41. The quantitative estimate of drug-likeness (QED) is 0.893. The molecule has 4 heteroatoms. The van der Waals surface area contributed by atoms with Crippen molar-refractivity contribution in [2.24, 2.45) is 0 Å². The number of carboxylic acids is 1. The predicted molar refractivity (Wildman–Crippen MR) is 81.3 cm³/mol. The number of fused-ring (bicyclic) bond motifs is 1. The van der Waals surface area contributed by atoms with Crippen LogP contribution < -0.4 is 4.74 Å². The van der Waals surface area contributed by atoms with Gasteiger partial charge in [-0.2, -0.15) is 0 Å². The largest absolute Gasteiger partial charge is 0.485 e. The van der Waals surface area contributed by atoms with Crippen LogP contribution >= 0.6 is 11.6 Å². The van der Waals surface area contributed by atoms with Gasteiger partial charge in [0.15, 0.2) is 0 Å². The van der Waals surface area contributed by atoms with Crippen molar-refractivity contribution in [3.8, 4) is 5.75 Å². The monoisotopic (exact) mass is 302 g/mol. The molecule has 1 aliphatic heterocycles. The molecule has 3 rings (SSSR count). The minimum atomic E-state index is -0.920. The highest BCUT2D eigenvalue weighted by Crippen LogP contribution is 2.38. The molecule has 3 nitrogen and oxygen atoms in total. The van der Waals surface area contributed by atoms with Crippen LogP contribution in [0.15, 0.2) is 36.4 Å². The highest BCUT2D eigenvalue weighted by atomic mass is 35.5. The predicted octanol–water partition coefficient (Wildman–Crippen LogP) is 4.41. The van der Waals surface area contributed by atoms with E-state index in [1.165, 1.54) is 0 Å². The number of aromatic carboxylic acids is 1. The Hall–Kier alpha value is -2.00. The van der Waals surface area contributed by atoms with E-state index in [1.807, 2.05) is 25.1 Å². The highest BCUT2D eigenvalue weighted by Gasteiger charge is 2.23. The summed E-state index contributed by atoms with van der Waals surface area (Å²) >= 11 is 6.07. The fourth-order valence-corrected chi connectivity index (χ4v) is 3.04. The van der Waals surface area contributed by atoms with E-state index in [0.29, 0.717) is 0 Å². The molecule has 0 aromatic heterocycles. The summed E-state index contributed by atoms with van der Waals surface area (Å²) in [6.07, 6.45) is 1.57. The van der Waals surface area contributed by atoms with Crippen molar-refractivity contribution < 1.29 is 14.6 Å². The highest BCUT2D eigenvalue weighted by molar-refractivity contribution is 6.30. The van der Waals surface area contributed by atoms with Crippen LogP contribution in [-0.4, -0.2) is 11.1 Å². The molecule has 0 aliphatic carbocycles. The van der Waals surface area contributed by atoms with Crippen molar-refractivity contribution in [3.05, 3.63) is 63.7 Å². The third-order valence-electron chi connectivity index (χ3n) is 3.76. The number of halogens is 1. The molecule has 108 valence electrons. The second-order valence-electron chi connectivity index (χ2n) is 5.29. The van der Waals surface area contributed by atoms with Crippen molar-refractivity contribution in [2.45, 2.75) is 25.9 Å². The molecule has 0 radical (unpaired) electrons. The van der Waals surface area contributed by atoms with Gasteiger partial charge in [-0.3, -0.25) is 0 Å². The van der Waals surface area contributed by atoms with E-state index in [2.05, 4.69) is 0 Å². The van der Waals surface area contributed by atoms with Crippen LogP contribution in [0, 0.1) is 6.92 Å². The van der Waals surface area contributed by atoms with Crippen molar-refractivity contribution in [1.82, 2.24) is 0 Å². The van der Waals surface area contributed by atoms with Gasteiger partial charge in [-0.05, 0) is 60.7 Å². The number of benzene rings is 2. The normalized spacial score (nSPS) is 17.0. The molecule has 21 heavy (non-hydrogen) atoms. The number of carboxylic acid groups (broad SMARTS) is 1. The Morgan fingerprint density at radius 2 is 2.14 bits per heavy atom. The third kappa shape index (κ3) is 2.74. The molecule has 1 heterocycles. The molecule has 0 amide bonds. The molecular formula is C17H15ClO3. The van der Waals surface area contributed by atoms with E-state index in [-0.39, 0.29) is 11.7 Å². The van der Waals surface area contributed by atoms with Crippen molar-refractivity contribution in [1.29, 1.82) is 0 Å². The Morgan fingerprint density at radius 1 is 1.33 bits per heavy atom. The number of rotatable bonds is 2. The molecule has 0 bridgehead atoms. The zero-order valence-corrected chi connectivity index (χ0v) is 12.4. The fourth-order valence-electron chi connectivity index (χ4n) is 2.75. The van der Waals surface area contributed by atoms with Gasteiger partial charge < -0.3 is 9.84 Å². The van der Waals surface area contributed by atoms with Gasteiger partial charge in [-0.25, -0.2) is 4.79 Å². The first-order chi connectivity index (χ1) is 10.0. The summed E-state index contributed by atoms with van der Waals surface area (Å²) in [5, 5.41) is 9.81. The van der Waals surface area contributed by atoms with Crippen molar-refractivity contribution >= 4 is 17.6 Å². The lowest BCUT2D eigenvalue weighted by Crippen LogP contribution is -2.16. The second-order valence-corrected chi connectivity index (χ2v) is 5.72. The molecule has 0 saturated carbocycles. The molecule has 0 spiro atoms. The van der Waals surface area contributed by atoms with E-state index in [4.69, 9.17) is 21.4 Å². The average molecular weight is 303 g/mol. The zero-order chi connectivity index (χ0) is 15.0. The van der Waals surface area contributed by atoms with Gasteiger partial charge in [-0.15, -0.1) is 0 Å². The fraction of sp³-hybridized carbons (Fsp3) is 0.235. The zero-order valence-electron chi connectivity index (χ0n) is 11.6. The third-order valence-corrected chi connectivity index (χ3v) is 3.98. The maximum Gasteiger partial charge on any atom is 0.335 e. The molecule has 2 aromatic rings. The van der Waals surface area contributed by atoms with E-state index >= 15 is 0 Å². The summed E-state index contributed by atoms with van der Waals surface area (Å²) in [6, 6.07) is 10.8. The topological polar surface area (TPSA) is 46.5 Å². The molecular weight excluding hydrogens is 288 g/mol. The van der Waals surface area contributed by atoms with Crippen LogP contribution in [0.1, 0.15) is 39.6 Å².